The molecule has 0 aliphatic rings. The maximum Gasteiger partial charge on any atom is 0.213 e. The van der Waals surface area contributed by atoms with Crippen molar-refractivity contribution in [1.29, 1.82) is 0 Å². The Morgan fingerprint density at radius 2 is 1.88 bits per heavy atom. The lowest BCUT2D eigenvalue weighted by Gasteiger charge is -2.06. The van der Waals surface area contributed by atoms with Gasteiger partial charge in [0.2, 0.25) is 5.88 Å². The van der Waals surface area contributed by atoms with Crippen molar-refractivity contribution in [2.45, 2.75) is 6.61 Å². The first-order valence-electron chi connectivity index (χ1n) is 5.16. The Morgan fingerprint density at radius 1 is 1.12 bits per heavy atom. The maximum atomic E-state index is 12.7. The van der Waals surface area contributed by atoms with Crippen LogP contribution in [0.4, 0.5) is 4.39 Å². The number of halogens is 1. The second-order valence-electron chi connectivity index (χ2n) is 3.41. The van der Waals surface area contributed by atoms with E-state index in [1.165, 1.54) is 12.1 Å². The van der Waals surface area contributed by atoms with Crippen molar-refractivity contribution in [3.63, 3.8) is 0 Å². The molecule has 0 amide bonds. The molecule has 4 heteroatoms. The largest absolute Gasteiger partial charge is 0.487 e. The van der Waals surface area contributed by atoms with Gasteiger partial charge in [0.25, 0.3) is 0 Å². The molecule has 0 N–H and O–H groups in total. The summed E-state index contributed by atoms with van der Waals surface area (Å²) in [7, 11) is 1.56. The molecule has 88 valence electrons. The van der Waals surface area contributed by atoms with Crippen LogP contribution in [0.25, 0.3) is 0 Å². The highest BCUT2D eigenvalue weighted by atomic mass is 19.1. The molecule has 1 aromatic carbocycles. The molecule has 0 spiro atoms. The first-order chi connectivity index (χ1) is 8.28. The zero-order valence-electron chi connectivity index (χ0n) is 9.39. The van der Waals surface area contributed by atoms with E-state index in [1.54, 1.807) is 25.3 Å². The van der Waals surface area contributed by atoms with E-state index < -0.39 is 0 Å². The molecule has 0 aliphatic carbocycles. The van der Waals surface area contributed by atoms with E-state index in [2.05, 4.69) is 4.98 Å². The average Bonchev–Trinajstić information content (AvgIpc) is 2.38. The fourth-order valence-corrected chi connectivity index (χ4v) is 1.34. The molecular formula is C13H12FNO2. The van der Waals surface area contributed by atoms with Gasteiger partial charge < -0.3 is 9.47 Å². The maximum absolute atomic E-state index is 12.7. The van der Waals surface area contributed by atoms with Gasteiger partial charge in [0.05, 0.1) is 12.8 Å². The summed E-state index contributed by atoms with van der Waals surface area (Å²) in [5.41, 5.74) is 0.758. The molecule has 0 radical (unpaired) electrons. The summed E-state index contributed by atoms with van der Waals surface area (Å²) in [6.07, 6.45) is 0. The van der Waals surface area contributed by atoms with E-state index in [9.17, 15) is 4.39 Å². The molecule has 1 aromatic heterocycles. The number of ether oxygens (including phenoxy) is 2. The minimum Gasteiger partial charge on any atom is -0.487 e. The Morgan fingerprint density at radius 3 is 2.59 bits per heavy atom. The molecule has 2 aromatic rings. The molecule has 0 atom stereocenters. The summed E-state index contributed by atoms with van der Waals surface area (Å²) in [4.78, 5) is 4.20. The second kappa shape index (κ2) is 5.30. The molecule has 3 nitrogen and oxygen atoms in total. The molecule has 0 fully saturated rings. The van der Waals surface area contributed by atoms with Gasteiger partial charge in [-0.05, 0) is 30.3 Å². The van der Waals surface area contributed by atoms with Crippen LogP contribution in [0.15, 0.2) is 42.5 Å². The van der Waals surface area contributed by atoms with Crippen molar-refractivity contribution in [2.24, 2.45) is 0 Å². The fourth-order valence-electron chi connectivity index (χ4n) is 1.34. The van der Waals surface area contributed by atoms with Crippen molar-refractivity contribution in [1.82, 2.24) is 4.98 Å². The van der Waals surface area contributed by atoms with Gasteiger partial charge in [0, 0.05) is 6.07 Å². The van der Waals surface area contributed by atoms with Crippen molar-refractivity contribution < 1.29 is 13.9 Å². The Balaban J connectivity index is 1.99. The van der Waals surface area contributed by atoms with Gasteiger partial charge in [-0.1, -0.05) is 6.07 Å². The van der Waals surface area contributed by atoms with Crippen LogP contribution >= 0.6 is 0 Å². The summed E-state index contributed by atoms with van der Waals surface area (Å²) in [6.45, 7) is 0.322. The summed E-state index contributed by atoms with van der Waals surface area (Å²) in [5.74, 6) is 0.873. The van der Waals surface area contributed by atoms with Gasteiger partial charge in [-0.15, -0.1) is 0 Å². The molecule has 0 saturated heterocycles. The third-order valence-electron chi connectivity index (χ3n) is 2.19. The minimum absolute atomic E-state index is 0.281. The predicted molar refractivity (Wildman–Crippen MR) is 61.5 cm³/mol. The van der Waals surface area contributed by atoms with Crippen LogP contribution < -0.4 is 9.47 Å². The Hall–Kier alpha value is -2.10. The van der Waals surface area contributed by atoms with Gasteiger partial charge in [-0.2, -0.15) is 0 Å². The SMILES string of the molecule is COc1cccc(COc2ccc(F)cc2)n1. The highest BCUT2D eigenvalue weighted by Gasteiger charge is 1.99. The lowest BCUT2D eigenvalue weighted by Crippen LogP contribution is -1.99. The minimum atomic E-state index is -0.281. The van der Waals surface area contributed by atoms with Crippen LogP contribution in [0.1, 0.15) is 5.69 Å². The van der Waals surface area contributed by atoms with Crippen LogP contribution in [0.2, 0.25) is 0 Å². The lowest BCUT2D eigenvalue weighted by molar-refractivity contribution is 0.297. The van der Waals surface area contributed by atoms with E-state index >= 15 is 0 Å². The standard InChI is InChI=1S/C13H12FNO2/c1-16-13-4-2-3-11(15-13)9-17-12-7-5-10(14)6-8-12/h2-8H,9H2,1H3. The number of aromatic nitrogens is 1. The summed E-state index contributed by atoms with van der Waals surface area (Å²) in [5, 5.41) is 0. The van der Waals surface area contributed by atoms with Gasteiger partial charge in [0.1, 0.15) is 18.2 Å². The predicted octanol–water partition coefficient (Wildman–Crippen LogP) is 2.81. The molecule has 2 rings (SSSR count). The normalized spacial score (nSPS) is 10.0. The Bertz CT molecular complexity index is 485. The van der Waals surface area contributed by atoms with Crippen LogP contribution in [-0.4, -0.2) is 12.1 Å². The second-order valence-corrected chi connectivity index (χ2v) is 3.41. The fraction of sp³-hybridized carbons (Fsp3) is 0.154. The highest BCUT2D eigenvalue weighted by Crippen LogP contribution is 2.14. The van der Waals surface area contributed by atoms with Crippen LogP contribution in [0.5, 0.6) is 11.6 Å². The smallest absolute Gasteiger partial charge is 0.213 e. The van der Waals surface area contributed by atoms with Crippen molar-refractivity contribution in [3.05, 3.63) is 54.0 Å². The van der Waals surface area contributed by atoms with Gasteiger partial charge in [0.15, 0.2) is 0 Å². The Kier molecular flexibility index (Phi) is 3.55. The monoisotopic (exact) mass is 233 g/mol. The van der Waals surface area contributed by atoms with Gasteiger partial charge in [-0.3, -0.25) is 0 Å². The topological polar surface area (TPSA) is 31.4 Å². The molecule has 0 saturated carbocycles. The average molecular weight is 233 g/mol. The number of methoxy groups -OCH3 is 1. The molecular weight excluding hydrogens is 221 g/mol. The zero-order valence-corrected chi connectivity index (χ0v) is 9.39. The van der Waals surface area contributed by atoms with Crippen molar-refractivity contribution >= 4 is 0 Å². The zero-order chi connectivity index (χ0) is 12.1. The number of nitrogens with zero attached hydrogens (tertiary/aromatic N) is 1. The molecule has 0 bridgehead atoms. The summed E-state index contributed by atoms with van der Waals surface area (Å²) < 4.78 is 23.1. The van der Waals surface area contributed by atoms with Crippen LogP contribution in [0, 0.1) is 5.82 Å². The van der Waals surface area contributed by atoms with Gasteiger partial charge in [-0.25, -0.2) is 9.37 Å². The van der Waals surface area contributed by atoms with Gasteiger partial charge >= 0.3 is 0 Å². The summed E-state index contributed by atoms with van der Waals surface area (Å²) >= 11 is 0. The number of benzene rings is 1. The number of rotatable bonds is 4. The van der Waals surface area contributed by atoms with Crippen LogP contribution in [0.3, 0.4) is 0 Å². The van der Waals surface area contributed by atoms with Crippen LogP contribution in [-0.2, 0) is 6.61 Å². The number of hydrogen-bond acceptors (Lipinski definition) is 3. The van der Waals surface area contributed by atoms with E-state index in [-0.39, 0.29) is 5.82 Å². The summed E-state index contributed by atoms with van der Waals surface area (Å²) in [6, 6.07) is 11.3. The highest BCUT2D eigenvalue weighted by molar-refractivity contribution is 5.23. The number of pyridine rings is 1. The Labute approximate surface area is 98.8 Å². The van der Waals surface area contributed by atoms with Crippen molar-refractivity contribution in [3.8, 4) is 11.6 Å². The van der Waals surface area contributed by atoms with E-state index in [4.69, 9.17) is 9.47 Å². The van der Waals surface area contributed by atoms with Crippen molar-refractivity contribution in [2.75, 3.05) is 7.11 Å². The van der Waals surface area contributed by atoms with E-state index in [0.717, 1.165) is 5.69 Å². The lowest BCUT2D eigenvalue weighted by atomic mass is 10.3. The third-order valence-corrected chi connectivity index (χ3v) is 2.19. The third kappa shape index (κ3) is 3.17. The first-order valence-corrected chi connectivity index (χ1v) is 5.16. The quantitative estimate of drug-likeness (QED) is 0.813. The molecule has 0 aliphatic heterocycles. The van der Waals surface area contributed by atoms with E-state index in [1.807, 2.05) is 12.1 Å². The molecule has 17 heavy (non-hydrogen) atoms. The van der Waals surface area contributed by atoms with E-state index in [0.29, 0.717) is 18.2 Å². The number of hydrogen-bond donors (Lipinski definition) is 0. The molecule has 1 heterocycles. The first kappa shape index (κ1) is 11.4. The molecule has 0 unspecified atom stereocenters.